The van der Waals surface area contributed by atoms with E-state index in [4.69, 9.17) is 4.42 Å². The van der Waals surface area contributed by atoms with Gasteiger partial charge >= 0.3 is 0 Å². The van der Waals surface area contributed by atoms with Crippen molar-refractivity contribution in [2.24, 2.45) is 0 Å². The van der Waals surface area contributed by atoms with E-state index in [2.05, 4.69) is 0 Å². The quantitative estimate of drug-likeness (QED) is 0.0457. The van der Waals surface area contributed by atoms with E-state index >= 15 is 0 Å². The lowest BCUT2D eigenvalue weighted by Gasteiger charge is -2.30. The van der Waals surface area contributed by atoms with Gasteiger partial charge < -0.3 is 55.3 Å². The number of phenolic OH excluding ortho intramolecular Hbond substituents is 9. The zero-order valence-corrected chi connectivity index (χ0v) is 30.6. The Balaban J connectivity index is 1.23. The van der Waals surface area contributed by atoms with Crippen molar-refractivity contribution < 1.29 is 50.4 Å². The van der Waals surface area contributed by atoms with Gasteiger partial charge in [0.15, 0.2) is 28.7 Å². The van der Waals surface area contributed by atoms with E-state index in [-0.39, 0.29) is 5.69 Å². The Morgan fingerprint density at radius 3 is 1.64 bits per heavy atom. The third-order valence-electron chi connectivity index (χ3n) is 11.0. The molecule has 0 fully saturated rings. The summed E-state index contributed by atoms with van der Waals surface area (Å²) in [5.41, 5.74) is 5.41. The lowest BCUT2D eigenvalue weighted by molar-refractivity contribution is 0.348. The van der Waals surface area contributed by atoms with Gasteiger partial charge in [0.2, 0.25) is 23.0 Å². The number of para-hydroxylation sites is 2. The van der Waals surface area contributed by atoms with Crippen LogP contribution in [0.2, 0.25) is 0 Å². The molecule has 0 saturated carbocycles. The van der Waals surface area contributed by atoms with Gasteiger partial charge in [-0.25, -0.2) is 0 Å². The van der Waals surface area contributed by atoms with Gasteiger partial charge in [-0.2, -0.15) is 0 Å². The molecule has 0 aliphatic heterocycles. The molecule has 288 valence electrons. The molecule has 0 amide bonds. The van der Waals surface area contributed by atoms with Crippen LogP contribution in [0, 0.1) is 0 Å². The number of hydrogen-bond donors (Lipinski definition) is 9. The highest BCUT2D eigenvalue weighted by Crippen LogP contribution is 2.63. The molecule has 10 aromatic rings. The van der Waals surface area contributed by atoms with Crippen LogP contribution in [0.5, 0.6) is 51.7 Å². The average molecular weight is 782 g/mol. The second kappa shape index (κ2) is 12.8. The maximum absolute atomic E-state index is 12.3. The molecule has 9 aromatic carbocycles. The Bertz CT molecular complexity index is 3390. The molecule has 1 aromatic heterocycles. The van der Waals surface area contributed by atoms with Gasteiger partial charge in [-0.15, -0.1) is 0 Å². The van der Waals surface area contributed by atoms with Crippen molar-refractivity contribution in [2.75, 3.05) is 4.90 Å². The molecule has 11 nitrogen and oxygen atoms in total. The summed E-state index contributed by atoms with van der Waals surface area (Å²) in [6.45, 7) is 0. The molecule has 11 heteroatoms. The minimum absolute atomic E-state index is 0.335. The Labute approximate surface area is 333 Å². The lowest BCUT2D eigenvalue weighted by atomic mass is 9.93. The van der Waals surface area contributed by atoms with Gasteiger partial charge in [0.25, 0.3) is 0 Å². The normalized spacial score (nSPS) is 11.7. The fourth-order valence-corrected chi connectivity index (χ4v) is 8.23. The van der Waals surface area contributed by atoms with Crippen LogP contribution in [0.1, 0.15) is 0 Å². The van der Waals surface area contributed by atoms with Gasteiger partial charge in [0, 0.05) is 38.2 Å². The first-order valence-electron chi connectivity index (χ1n) is 18.4. The van der Waals surface area contributed by atoms with Crippen LogP contribution in [0.25, 0.3) is 76.5 Å². The van der Waals surface area contributed by atoms with Crippen molar-refractivity contribution in [2.45, 2.75) is 0 Å². The molecule has 1 heterocycles. The van der Waals surface area contributed by atoms with Crippen LogP contribution in [0.3, 0.4) is 0 Å². The number of anilines is 3. The molecule has 0 spiro atoms. The fourth-order valence-electron chi connectivity index (χ4n) is 8.23. The Kier molecular flexibility index (Phi) is 7.59. The number of nitrogens with zero attached hydrogens (tertiary/aromatic N) is 1. The summed E-state index contributed by atoms with van der Waals surface area (Å²) in [5, 5.41) is 102. The molecule has 0 bridgehead atoms. The van der Waals surface area contributed by atoms with Gasteiger partial charge in [-0.05, 0) is 46.3 Å². The van der Waals surface area contributed by atoms with E-state index in [1.54, 1.807) is 24.3 Å². The van der Waals surface area contributed by atoms with Crippen molar-refractivity contribution in [3.63, 3.8) is 0 Å². The van der Waals surface area contributed by atoms with E-state index < -0.39 is 73.3 Å². The molecule has 0 atom stereocenters. The molecule has 0 radical (unpaired) electrons. The highest BCUT2D eigenvalue weighted by atomic mass is 16.4. The van der Waals surface area contributed by atoms with Crippen LogP contribution in [0.15, 0.2) is 138 Å². The first-order valence-corrected chi connectivity index (χ1v) is 18.4. The van der Waals surface area contributed by atoms with Crippen LogP contribution >= 0.6 is 0 Å². The zero-order valence-electron chi connectivity index (χ0n) is 30.6. The van der Waals surface area contributed by atoms with Gasteiger partial charge in [0.1, 0.15) is 16.9 Å². The Morgan fingerprint density at radius 2 is 0.915 bits per heavy atom. The van der Waals surface area contributed by atoms with Crippen molar-refractivity contribution in [1.82, 2.24) is 0 Å². The largest absolute Gasteiger partial charge is 0.505 e. The van der Waals surface area contributed by atoms with Crippen LogP contribution in [-0.2, 0) is 0 Å². The standard InChI is InChI=1S/C48H31NO10/c50-39-37-35(41(52)45(56)47(58)43(37)54)34-36(42(53)46(57)44(55)40(34)51)38(39)49(32-16-6-9-24-8-1-2-12-28(24)32)27-11-5-10-26(22-27)23-18-20-25(21-19-23)29-14-7-15-31-30-13-3-4-17-33(30)59-48(29)31/h1-22,50-58H. The summed E-state index contributed by atoms with van der Waals surface area (Å²) >= 11 is 0. The zero-order chi connectivity index (χ0) is 40.9. The summed E-state index contributed by atoms with van der Waals surface area (Å²) in [7, 11) is 0. The van der Waals surface area contributed by atoms with Crippen molar-refractivity contribution in [1.29, 1.82) is 0 Å². The fraction of sp³-hybridized carbons (Fsp3) is 0. The minimum Gasteiger partial charge on any atom is -0.505 e. The Morgan fingerprint density at radius 1 is 0.373 bits per heavy atom. The molecule has 0 aliphatic rings. The number of fused-ring (bicyclic) bond motifs is 7. The minimum atomic E-state index is -1.20. The van der Waals surface area contributed by atoms with Crippen molar-refractivity contribution >= 4 is 71.3 Å². The van der Waals surface area contributed by atoms with Crippen molar-refractivity contribution in [3.05, 3.63) is 133 Å². The number of aromatic hydroxyl groups is 9. The summed E-state index contributed by atoms with van der Waals surface area (Å²) in [6, 6.07) is 41.7. The highest BCUT2D eigenvalue weighted by molar-refractivity contribution is 6.27. The molecule has 9 N–H and O–H groups in total. The Hall–Kier alpha value is -8.44. The third kappa shape index (κ3) is 5.01. The second-order valence-corrected chi connectivity index (χ2v) is 14.2. The van der Waals surface area contributed by atoms with Gasteiger partial charge in [-0.1, -0.05) is 109 Å². The molecule has 10 rings (SSSR count). The van der Waals surface area contributed by atoms with Gasteiger partial charge in [0.05, 0.1) is 16.5 Å². The number of phenols is 9. The predicted octanol–water partition coefficient (Wildman–Crippen LogP) is 11.2. The summed E-state index contributed by atoms with van der Waals surface area (Å²) in [5.74, 6) is -9.79. The lowest BCUT2D eigenvalue weighted by Crippen LogP contribution is -2.12. The smallest absolute Gasteiger partial charge is 0.205 e. The molecule has 59 heavy (non-hydrogen) atoms. The van der Waals surface area contributed by atoms with Crippen LogP contribution < -0.4 is 4.90 Å². The predicted molar refractivity (Wildman–Crippen MR) is 227 cm³/mol. The van der Waals surface area contributed by atoms with E-state index in [1.165, 1.54) is 4.90 Å². The topological polar surface area (TPSA) is 198 Å². The average Bonchev–Trinajstić information content (AvgIpc) is 3.66. The first-order chi connectivity index (χ1) is 28.5. The molecule has 0 unspecified atom stereocenters. The highest BCUT2D eigenvalue weighted by Gasteiger charge is 2.34. The maximum Gasteiger partial charge on any atom is 0.205 e. The summed E-state index contributed by atoms with van der Waals surface area (Å²) in [4.78, 5) is 1.52. The summed E-state index contributed by atoms with van der Waals surface area (Å²) in [6.07, 6.45) is 0. The van der Waals surface area contributed by atoms with Crippen LogP contribution in [0.4, 0.5) is 17.1 Å². The molecule has 0 saturated heterocycles. The monoisotopic (exact) mass is 781 g/mol. The number of rotatable bonds is 5. The van der Waals surface area contributed by atoms with Crippen LogP contribution in [-0.4, -0.2) is 46.0 Å². The second-order valence-electron chi connectivity index (χ2n) is 14.2. The molecular formula is C48H31NO10. The van der Waals surface area contributed by atoms with E-state index in [1.807, 2.05) is 109 Å². The van der Waals surface area contributed by atoms with Gasteiger partial charge in [-0.3, -0.25) is 0 Å². The molecule has 0 aliphatic carbocycles. The first kappa shape index (κ1) is 35.0. The van der Waals surface area contributed by atoms with E-state index in [0.29, 0.717) is 16.8 Å². The van der Waals surface area contributed by atoms with Crippen molar-refractivity contribution in [3.8, 4) is 74.0 Å². The third-order valence-corrected chi connectivity index (χ3v) is 11.0. The maximum atomic E-state index is 12.3. The number of furan rings is 1. The molecular weight excluding hydrogens is 751 g/mol. The number of benzene rings is 9. The number of hydrogen-bond acceptors (Lipinski definition) is 11. The van der Waals surface area contributed by atoms with E-state index in [0.717, 1.165) is 49.6 Å². The SMILES string of the molecule is Oc1c(O)c(O)c2c(c1O)c(O)c(N(c1cccc(-c3ccc(-c4cccc5c4oc4ccccc45)cc3)c1)c1cccc3ccccc13)c1c(O)c(O)c(O)c(O)c12. The van der Waals surface area contributed by atoms with E-state index in [9.17, 15) is 46.0 Å². The summed E-state index contributed by atoms with van der Waals surface area (Å²) < 4.78 is 6.29.